The van der Waals surface area contributed by atoms with Crippen LogP contribution in [0.4, 0.5) is 4.39 Å². The lowest BCUT2D eigenvalue weighted by molar-refractivity contribution is 0.0628. The Morgan fingerprint density at radius 1 is 1.00 bits per heavy atom. The zero-order valence-electron chi connectivity index (χ0n) is 17.8. The molecule has 1 amide bonds. The number of aryl methyl sites for hydroxylation is 1. The van der Waals surface area contributed by atoms with Crippen LogP contribution in [0.3, 0.4) is 0 Å². The monoisotopic (exact) mass is 484 g/mol. The highest BCUT2D eigenvalue weighted by molar-refractivity contribution is 9.10. The highest BCUT2D eigenvalue weighted by Gasteiger charge is 2.22. The van der Waals surface area contributed by atoms with Crippen LogP contribution in [0.25, 0.3) is 0 Å². The smallest absolute Gasteiger partial charge is 0.253 e. The van der Waals surface area contributed by atoms with Crippen LogP contribution in [-0.2, 0) is 13.1 Å². The second-order valence-electron chi connectivity index (χ2n) is 8.04. The van der Waals surface area contributed by atoms with E-state index in [1.165, 1.54) is 12.1 Å². The summed E-state index contributed by atoms with van der Waals surface area (Å²) in [7, 11) is 0. The lowest BCUT2D eigenvalue weighted by Crippen LogP contribution is -2.48. The van der Waals surface area contributed by atoms with Gasteiger partial charge < -0.3 is 4.90 Å². The highest BCUT2D eigenvalue weighted by Crippen LogP contribution is 2.21. The van der Waals surface area contributed by atoms with Crippen molar-refractivity contribution in [3.8, 4) is 0 Å². The van der Waals surface area contributed by atoms with E-state index in [-0.39, 0.29) is 11.7 Å². The molecule has 5 nitrogen and oxygen atoms in total. The van der Waals surface area contributed by atoms with E-state index in [0.29, 0.717) is 25.2 Å². The minimum Gasteiger partial charge on any atom is -0.336 e. The molecule has 0 spiro atoms. The number of amides is 1. The van der Waals surface area contributed by atoms with Crippen LogP contribution in [0, 0.1) is 19.7 Å². The SMILES string of the molecule is Cc1nn(Cc2cccc(C(=O)N3CCN(Cc4ccc(F)cc4)CC3)c2)c(C)c1Br. The third kappa shape index (κ3) is 5.05. The lowest BCUT2D eigenvalue weighted by Gasteiger charge is -2.34. The second-order valence-corrected chi connectivity index (χ2v) is 8.83. The Kier molecular flexibility index (Phi) is 6.53. The average Bonchev–Trinajstić information content (AvgIpc) is 3.02. The molecule has 7 heteroatoms. The maximum atomic E-state index is 13.1. The van der Waals surface area contributed by atoms with E-state index in [4.69, 9.17) is 0 Å². The van der Waals surface area contributed by atoms with Crippen molar-refractivity contribution in [3.63, 3.8) is 0 Å². The van der Waals surface area contributed by atoms with E-state index >= 15 is 0 Å². The largest absolute Gasteiger partial charge is 0.336 e. The molecule has 1 aliphatic rings. The predicted octanol–water partition coefficient (Wildman–Crippen LogP) is 4.41. The number of benzene rings is 2. The number of halogens is 2. The van der Waals surface area contributed by atoms with Gasteiger partial charge in [0.05, 0.1) is 22.4 Å². The molecule has 31 heavy (non-hydrogen) atoms. The molecule has 0 radical (unpaired) electrons. The Balaban J connectivity index is 1.37. The van der Waals surface area contributed by atoms with Crippen LogP contribution in [-0.4, -0.2) is 51.7 Å². The standard InChI is InChI=1S/C24H26BrFN4O/c1-17-23(25)18(2)30(27-17)16-20-4-3-5-21(14-20)24(31)29-12-10-28(11-13-29)15-19-6-8-22(26)9-7-19/h3-9,14H,10-13,15-16H2,1-2H3. The summed E-state index contributed by atoms with van der Waals surface area (Å²) in [5.74, 6) is -0.148. The van der Waals surface area contributed by atoms with Crippen LogP contribution in [0.1, 0.15) is 32.9 Å². The van der Waals surface area contributed by atoms with Gasteiger partial charge in [-0.05, 0) is 65.2 Å². The Hall–Kier alpha value is -2.51. The van der Waals surface area contributed by atoms with Crippen molar-refractivity contribution in [1.82, 2.24) is 19.6 Å². The molecule has 0 aliphatic carbocycles. The molecule has 1 aromatic heterocycles. The summed E-state index contributed by atoms with van der Waals surface area (Å²) in [5.41, 5.74) is 4.89. The molecule has 3 aromatic rings. The second kappa shape index (κ2) is 9.32. The zero-order chi connectivity index (χ0) is 22.0. The number of hydrogen-bond donors (Lipinski definition) is 0. The van der Waals surface area contributed by atoms with Gasteiger partial charge in [0.15, 0.2) is 0 Å². The van der Waals surface area contributed by atoms with Crippen LogP contribution in [0.2, 0.25) is 0 Å². The number of carbonyl (C=O) groups excluding carboxylic acids is 1. The summed E-state index contributed by atoms with van der Waals surface area (Å²) in [6, 6.07) is 14.4. The number of piperazine rings is 1. The molecular weight excluding hydrogens is 459 g/mol. The summed E-state index contributed by atoms with van der Waals surface area (Å²) in [4.78, 5) is 17.3. The Morgan fingerprint density at radius 2 is 1.71 bits per heavy atom. The van der Waals surface area contributed by atoms with Crippen molar-refractivity contribution < 1.29 is 9.18 Å². The Labute approximate surface area is 190 Å². The zero-order valence-corrected chi connectivity index (χ0v) is 19.4. The van der Waals surface area contributed by atoms with Gasteiger partial charge in [0, 0.05) is 38.3 Å². The van der Waals surface area contributed by atoms with E-state index in [0.717, 1.165) is 46.6 Å². The van der Waals surface area contributed by atoms with Gasteiger partial charge in [0.25, 0.3) is 5.91 Å². The summed E-state index contributed by atoms with van der Waals surface area (Å²) < 4.78 is 16.1. The highest BCUT2D eigenvalue weighted by atomic mass is 79.9. The first kappa shape index (κ1) is 21.7. The van der Waals surface area contributed by atoms with Gasteiger partial charge >= 0.3 is 0 Å². The van der Waals surface area contributed by atoms with E-state index in [1.807, 2.05) is 59.8 Å². The molecule has 0 N–H and O–H groups in total. The molecule has 0 saturated carbocycles. The molecule has 1 fully saturated rings. The first-order valence-electron chi connectivity index (χ1n) is 10.5. The van der Waals surface area contributed by atoms with Gasteiger partial charge in [-0.2, -0.15) is 5.10 Å². The minimum atomic E-state index is -0.216. The maximum Gasteiger partial charge on any atom is 0.253 e. The van der Waals surface area contributed by atoms with Crippen LogP contribution in [0.5, 0.6) is 0 Å². The van der Waals surface area contributed by atoms with Gasteiger partial charge in [-0.3, -0.25) is 14.4 Å². The summed E-state index contributed by atoms with van der Waals surface area (Å²) in [6.45, 7) is 8.41. The van der Waals surface area contributed by atoms with Crippen molar-refractivity contribution in [1.29, 1.82) is 0 Å². The molecule has 1 saturated heterocycles. The number of rotatable bonds is 5. The van der Waals surface area contributed by atoms with E-state index in [2.05, 4.69) is 25.9 Å². The lowest BCUT2D eigenvalue weighted by atomic mass is 10.1. The fourth-order valence-electron chi connectivity index (χ4n) is 3.94. The summed E-state index contributed by atoms with van der Waals surface area (Å²) >= 11 is 3.57. The van der Waals surface area contributed by atoms with Gasteiger partial charge in [-0.1, -0.05) is 24.3 Å². The van der Waals surface area contributed by atoms with Crippen molar-refractivity contribution in [3.05, 3.63) is 86.9 Å². The number of carbonyl (C=O) groups is 1. The minimum absolute atomic E-state index is 0.0674. The topological polar surface area (TPSA) is 41.4 Å². The van der Waals surface area contributed by atoms with Crippen LogP contribution in [0.15, 0.2) is 53.0 Å². The first-order valence-corrected chi connectivity index (χ1v) is 11.2. The fourth-order valence-corrected chi connectivity index (χ4v) is 4.23. The molecule has 162 valence electrons. The molecule has 0 unspecified atom stereocenters. The van der Waals surface area contributed by atoms with E-state index in [9.17, 15) is 9.18 Å². The van der Waals surface area contributed by atoms with Gasteiger partial charge in [0.2, 0.25) is 0 Å². The van der Waals surface area contributed by atoms with E-state index in [1.54, 1.807) is 0 Å². The van der Waals surface area contributed by atoms with Gasteiger partial charge in [-0.25, -0.2) is 4.39 Å². The molecule has 2 aromatic carbocycles. The molecule has 0 atom stereocenters. The van der Waals surface area contributed by atoms with E-state index < -0.39 is 0 Å². The van der Waals surface area contributed by atoms with Gasteiger partial charge in [-0.15, -0.1) is 0 Å². The van der Waals surface area contributed by atoms with Crippen molar-refractivity contribution in [2.75, 3.05) is 26.2 Å². The quantitative estimate of drug-likeness (QED) is 0.538. The van der Waals surface area contributed by atoms with Crippen molar-refractivity contribution in [2.24, 2.45) is 0 Å². The van der Waals surface area contributed by atoms with Crippen LogP contribution < -0.4 is 0 Å². The molecule has 4 rings (SSSR count). The third-order valence-electron chi connectivity index (χ3n) is 5.78. The average molecular weight is 485 g/mol. The summed E-state index contributed by atoms with van der Waals surface area (Å²) in [6.07, 6.45) is 0. The predicted molar refractivity (Wildman–Crippen MR) is 123 cm³/mol. The van der Waals surface area contributed by atoms with Gasteiger partial charge in [0.1, 0.15) is 5.82 Å². The maximum absolute atomic E-state index is 13.1. The Bertz CT molecular complexity index is 1070. The van der Waals surface area contributed by atoms with Crippen LogP contribution >= 0.6 is 15.9 Å². The fraction of sp³-hybridized carbons (Fsp3) is 0.333. The molecular formula is C24H26BrFN4O. The normalized spacial score (nSPS) is 14.8. The molecule has 1 aliphatic heterocycles. The first-order chi connectivity index (χ1) is 14.9. The third-order valence-corrected chi connectivity index (χ3v) is 6.93. The molecule has 2 heterocycles. The number of aromatic nitrogens is 2. The molecule has 0 bridgehead atoms. The Morgan fingerprint density at radius 3 is 2.35 bits per heavy atom. The number of nitrogens with zero attached hydrogens (tertiary/aromatic N) is 4. The van der Waals surface area contributed by atoms with Crippen molar-refractivity contribution >= 4 is 21.8 Å². The number of hydrogen-bond acceptors (Lipinski definition) is 3. The summed E-state index contributed by atoms with van der Waals surface area (Å²) in [5, 5.41) is 4.57. The van der Waals surface area contributed by atoms with Crippen molar-refractivity contribution in [2.45, 2.75) is 26.9 Å².